The number of phenols is 1. The Labute approximate surface area is 106 Å². The van der Waals surface area contributed by atoms with Crippen LogP contribution in [-0.2, 0) is 4.79 Å². The number of hydrogen-bond donors (Lipinski definition) is 1. The van der Waals surface area contributed by atoms with Crippen molar-refractivity contribution < 1.29 is 14.3 Å². The van der Waals surface area contributed by atoms with Crippen LogP contribution in [0, 0.1) is 5.82 Å². The lowest BCUT2D eigenvalue weighted by atomic mass is 10.2. The number of carbonyl (C=O) groups is 1. The first-order valence-corrected chi connectivity index (χ1v) is 6.26. The molecule has 0 saturated carbocycles. The van der Waals surface area contributed by atoms with Gasteiger partial charge in [0.15, 0.2) is 16.7 Å². The summed E-state index contributed by atoms with van der Waals surface area (Å²) >= 11 is 4.29. The van der Waals surface area contributed by atoms with Gasteiger partial charge in [0.1, 0.15) is 0 Å². The Bertz CT molecular complexity index is 432. The van der Waals surface area contributed by atoms with Crippen molar-refractivity contribution in [1.82, 2.24) is 0 Å². The van der Waals surface area contributed by atoms with Gasteiger partial charge >= 0.3 is 0 Å². The van der Waals surface area contributed by atoms with E-state index in [1.54, 1.807) is 18.2 Å². The van der Waals surface area contributed by atoms with Crippen LogP contribution in [0.4, 0.5) is 4.39 Å². The molecule has 0 aliphatic rings. The van der Waals surface area contributed by atoms with Gasteiger partial charge in [0.25, 0.3) is 0 Å². The summed E-state index contributed by atoms with van der Waals surface area (Å²) in [6.07, 6.45) is 3.28. The average Bonchev–Trinajstić information content (AvgIpc) is 2.19. The van der Waals surface area contributed by atoms with Gasteiger partial charge in [0.05, 0.1) is 0 Å². The average molecular weight is 305 g/mol. The predicted octanol–water partition coefficient (Wildman–Crippen LogP) is 3.59. The Morgan fingerprint density at radius 1 is 1.62 bits per heavy atom. The number of halogens is 2. The molecule has 0 heterocycles. The van der Waals surface area contributed by atoms with Crippen molar-refractivity contribution >= 4 is 38.9 Å². The molecule has 0 atom stereocenters. The first kappa shape index (κ1) is 13.3. The molecule has 1 rings (SSSR count). The predicted molar refractivity (Wildman–Crippen MR) is 67.9 cm³/mol. The monoisotopic (exact) mass is 304 g/mol. The van der Waals surface area contributed by atoms with E-state index in [-0.39, 0.29) is 10.9 Å². The molecule has 0 aliphatic carbocycles. The Hall–Kier alpha value is -0.810. The fourth-order valence-electron chi connectivity index (χ4n) is 1.05. The van der Waals surface area contributed by atoms with E-state index in [4.69, 9.17) is 0 Å². The second-order valence-corrected chi connectivity index (χ2v) is 5.14. The molecule has 0 aliphatic heterocycles. The minimum atomic E-state index is -0.673. The number of hydrogen-bond acceptors (Lipinski definition) is 3. The van der Waals surface area contributed by atoms with E-state index in [0.717, 1.165) is 11.8 Å². The van der Waals surface area contributed by atoms with Crippen molar-refractivity contribution in [3.8, 4) is 5.75 Å². The SMILES string of the molecule is CC(=O)SCC=Cc1cc(Br)cc(F)c1O. The summed E-state index contributed by atoms with van der Waals surface area (Å²) in [5.74, 6) is -0.552. The first-order valence-electron chi connectivity index (χ1n) is 4.48. The summed E-state index contributed by atoms with van der Waals surface area (Å²) < 4.78 is 13.7. The maximum atomic E-state index is 13.1. The molecule has 0 bridgehead atoms. The topological polar surface area (TPSA) is 37.3 Å². The number of thioether (sulfide) groups is 1. The van der Waals surface area contributed by atoms with Crippen LogP contribution in [0.15, 0.2) is 22.7 Å². The summed E-state index contributed by atoms with van der Waals surface area (Å²) in [6.45, 7) is 1.48. The van der Waals surface area contributed by atoms with Crippen LogP contribution in [0.3, 0.4) is 0 Å². The van der Waals surface area contributed by atoms with Crippen molar-refractivity contribution in [2.24, 2.45) is 0 Å². The number of benzene rings is 1. The summed E-state index contributed by atoms with van der Waals surface area (Å²) in [5, 5.41) is 9.43. The van der Waals surface area contributed by atoms with Gasteiger partial charge in [-0.05, 0) is 12.1 Å². The quantitative estimate of drug-likeness (QED) is 0.927. The summed E-state index contributed by atoms with van der Waals surface area (Å²) in [7, 11) is 0. The van der Waals surface area contributed by atoms with Crippen LogP contribution in [0.25, 0.3) is 6.08 Å². The molecule has 0 amide bonds. The van der Waals surface area contributed by atoms with Gasteiger partial charge in [-0.1, -0.05) is 39.8 Å². The summed E-state index contributed by atoms with van der Waals surface area (Å²) in [4.78, 5) is 10.6. The third-order valence-corrected chi connectivity index (χ3v) is 2.96. The van der Waals surface area contributed by atoms with E-state index in [9.17, 15) is 14.3 Å². The van der Waals surface area contributed by atoms with Gasteiger partial charge in [-0.15, -0.1) is 0 Å². The second-order valence-electron chi connectivity index (χ2n) is 3.03. The Kier molecular flexibility index (Phi) is 5.02. The molecule has 1 aromatic rings. The van der Waals surface area contributed by atoms with Gasteiger partial charge in [-0.3, -0.25) is 4.79 Å². The van der Waals surface area contributed by atoms with Crippen LogP contribution in [0.2, 0.25) is 0 Å². The molecule has 0 aromatic heterocycles. The molecule has 0 radical (unpaired) electrons. The molecule has 86 valence electrons. The number of phenolic OH excluding ortho intramolecular Hbond substituents is 1. The van der Waals surface area contributed by atoms with Crippen molar-refractivity contribution in [3.63, 3.8) is 0 Å². The minimum Gasteiger partial charge on any atom is -0.504 e. The van der Waals surface area contributed by atoms with Gasteiger partial charge in [-0.25, -0.2) is 4.39 Å². The van der Waals surface area contributed by atoms with E-state index < -0.39 is 5.82 Å². The van der Waals surface area contributed by atoms with E-state index in [2.05, 4.69) is 15.9 Å². The molecule has 0 spiro atoms. The third kappa shape index (κ3) is 3.98. The molecule has 1 aromatic carbocycles. The van der Waals surface area contributed by atoms with E-state index >= 15 is 0 Å². The lowest BCUT2D eigenvalue weighted by Gasteiger charge is -2.01. The summed E-state index contributed by atoms with van der Waals surface area (Å²) in [5.41, 5.74) is 0.385. The molecule has 1 N–H and O–H groups in total. The van der Waals surface area contributed by atoms with Crippen LogP contribution < -0.4 is 0 Å². The van der Waals surface area contributed by atoms with Crippen molar-refractivity contribution in [3.05, 3.63) is 34.1 Å². The van der Waals surface area contributed by atoms with Gasteiger partial charge in [-0.2, -0.15) is 0 Å². The highest BCUT2D eigenvalue weighted by molar-refractivity contribution is 9.10. The van der Waals surface area contributed by atoms with Gasteiger partial charge in [0, 0.05) is 22.7 Å². The summed E-state index contributed by atoms with van der Waals surface area (Å²) in [6, 6.07) is 2.80. The van der Waals surface area contributed by atoms with Crippen molar-refractivity contribution in [2.45, 2.75) is 6.92 Å². The second kappa shape index (κ2) is 6.06. The highest BCUT2D eigenvalue weighted by Gasteiger charge is 2.06. The minimum absolute atomic E-state index is 0.0225. The zero-order chi connectivity index (χ0) is 12.1. The molecular weight excluding hydrogens is 295 g/mol. The molecule has 0 fully saturated rings. The standard InChI is InChI=1S/C11H10BrFO2S/c1-7(14)16-4-2-3-8-5-9(12)6-10(13)11(8)15/h2-3,5-6,15H,4H2,1H3. The van der Waals surface area contributed by atoms with Gasteiger partial charge < -0.3 is 5.11 Å². The molecule has 0 unspecified atom stereocenters. The Morgan fingerprint density at radius 2 is 2.31 bits per heavy atom. The van der Waals surface area contributed by atoms with E-state index in [1.165, 1.54) is 13.0 Å². The van der Waals surface area contributed by atoms with Crippen LogP contribution in [0.5, 0.6) is 5.75 Å². The fourth-order valence-corrected chi connectivity index (χ4v) is 1.93. The lowest BCUT2D eigenvalue weighted by Crippen LogP contribution is -1.84. The maximum Gasteiger partial charge on any atom is 0.186 e. The lowest BCUT2D eigenvalue weighted by molar-refractivity contribution is -0.109. The molecule has 16 heavy (non-hydrogen) atoms. The largest absolute Gasteiger partial charge is 0.504 e. The van der Waals surface area contributed by atoms with Crippen molar-refractivity contribution in [1.29, 1.82) is 0 Å². The Morgan fingerprint density at radius 3 is 2.94 bits per heavy atom. The fraction of sp³-hybridized carbons (Fsp3) is 0.182. The van der Waals surface area contributed by atoms with Crippen LogP contribution in [-0.4, -0.2) is 16.0 Å². The van der Waals surface area contributed by atoms with Crippen LogP contribution in [0.1, 0.15) is 12.5 Å². The molecule has 2 nitrogen and oxygen atoms in total. The smallest absolute Gasteiger partial charge is 0.186 e. The Balaban J connectivity index is 2.77. The number of aromatic hydroxyl groups is 1. The van der Waals surface area contributed by atoms with E-state index in [0.29, 0.717) is 15.8 Å². The van der Waals surface area contributed by atoms with Crippen molar-refractivity contribution in [2.75, 3.05) is 5.75 Å². The number of rotatable bonds is 3. The van der Waals surface area contributed by atoms with Crippen LogP contribution >= 0.6 is 27.7 Å². The highest BCUT2D eigenvalue weighted by atomic mass is 79.9. The zero-order valence-electron chi connectivity index (χ0n) is 8.54. The highest BCUT2D eigenvalue weighted by Crippen LogP contribution is 2.27. The van der Waals surface area contributed by atoms with E-state index in [1.807, 2.05) is 0 Å². The first-order chi connectivity index (χ1) is 7.50. The molecule has 5 heteroatoms. The maximum absolute atomic E-state index is 13.1. The molecule has 0 saturated heterocycles. The van der Waals surface area contributed by atoms with Gasteiger partial charge in [0.2, 0.25) is 0 Å². The number of carbonyl (C=O) groups excluding carboxylic acids is 1. The zero-order valence-corrected chi connectivity index (χ0v) is 10.9. The third-order valence-electron chi connectivity index (χ3n) is 1.74. The molecular formula is C11H10BrFO2S. The normalized spacial score (nSPS) is 10.9.